The Labute approximate surface area is 160 Å². The first kappa shape index (κ1) is 19.6. The van der Waals surface area contributed by atoms with Crippen molar-refractivity contribution in [3.63, 3.8) is 0 Å². The zero-order chi connectivity index (χ0) is 19.3. The zero-order valence-corrected chi connectivity index (χ0v) is 16.4. The molecule has 7 nitrogen and oxygen atoms in total. The Morgan fingerprint density at radius 1 is 1.26 bits per heavy atom. The molecule has 0 radical (unpaired) electrons. The molecule has 3 rings (SSSR count). The monoisotopic (exact) mass is 390 g/mol. The summed E-state index contributed by atoms with van der Waals surface area (Å²) in [6.07, 6.45) is 8.72. The lowest BCUT2D eigenvalue weighted by Gasteiger charge is -2.36. The molecular formula is C19H26N4O3S. The SMILES string of the molecule is CS(=O)(=O)NCC1CCCCN1C(=O)CCc1cnn(-c2ccccc2)c1. The summed E-state index contributed by atoms with van der Waals surface area (Å²) in [6.45, 7) is 0.981. The van der Waals surface area contributed by atoms with Crippen molar-refractivity contribution in [2.75, 3.05) is 19.3 Å². The third-order valence-corrected chi connectivity index (χ3v) is 5.50. The Kier molecular flexibility index (Phi) is 6.28. The van der Waals surface area contributed by atoms with Crippen LogP contribution in [0.25, 0.3) is 5.69 Å². The number of rotatable bonds is 7. The fourth-order valence-corrected chi connectivity index (χ4v) is 3.89. The molecule has 0 saturated carbocycles. The van der Waals surface area contributed by atoms with Gasteiger partial charge in [0, 0.05) is 31.7 Å². The van der Waals surface area contributed by atoms with Crippen LogP contribution in [-0.4, -0.2) is 54.4 Å². The van der Waals surface area contributed by atoms with Gasteiger partial charge in [-0.25, -0.2) is 17.8 Å². The van der Waals surface area contributed by atoms with Crippen LogP contribution < -0.4 is 4.72 Å². The highest BCUT2D eigenvalue weighted by molar-refractivity contribution is 7.88. The maximum absolute atomic E-state index is 12.7. The maximum atomic E-state index is 12.7. The smallest absolute Gasteiger partial charge is 0.223 e. The summed E-state index contributed by atoms with van der Waals surface area (Å²) in [5, 5.41) is 4.36. The van der Waals surface area contributed by atoms with Gasteiger partial charge in [-0.2, -0.15) is 5.10 Å². The molecule has 1 unspecified atom stereocenters. The molecule has 0 aliphatic carbocycles. The quantitative estimate of drug-likeness (QED) is 0.780. The summed E-state index contributed by atoms with van der Waals surface area (Å²) < 4.78 is 27.1. The number of para-hydroxylation sites is 1. The highest BCUT2D eigenvalue weighted by atomic mass is 32.2. The first-order valence-electron chi connectivity index (χ1n) is 9.25. The highest BCUT2D eigenvalue weighted by Crippen LogP contribution is 2.19. The zero-order valence-electron chi connectivity index (χ0n) is 15.5. The van der Waals surface area contributed by atoms with Gasteiger partial charge in [-0.15, -0.1) is 0 Å². The largest absolute Gasteiger partial charge is 0.338 e. The summed E-state index contributed by atoms with van der Waals surface area (Å²) in [5.41, 5.74) is 1.99. The Balaban J connectivity index is 1.57. The van der Waals surface area contributed by atoms with Gasteiger partial charge >= 0.3 is 0 Å². The molecule has 1 aromatic carbocycles. The molecule has 1 aliphatic rings. The molecule has 1 amide bonds. The van der Waals surface area contributed by atoms with Gasteiger partial charge in [-0.05, 0) is 43.4 Å². The van der Waals surface area contributed by atoms with Crippen LogP contribution in [0.2, 0.25) is 0 Å². The van der Waals surface area contributed by atoms with E-state index in [-0.39, 0.29) is 18.5 Å². The minimum atomic E-state index is -3.25. The number of carbonyl (C=O) groups is 1. The Hall–Kier alpha value is -2.19. The van der Waals surface area contributed by atoms with Gasteiger partial charge in [-0.3, -0.25) is 4.79 Å². The van der Waals surface area contributed by atoms with Crippen LogP contribution in [0.1, 0.15) is 31.2 Å². The number of nitrogens with zero attached hydrogens (tertiary/aromatic N) is 3. The number of aryl methyl sites for hydroxylation is 1. The van der Waals surface area contributed by atoms with Crippen LogP contribution in [0.3, 0.4) is 0 Å². The van der Waals surface area contributed by atoms with E-state index >= 15 is 0 Å². The molecule has 27 heavy (non-hydrogen) atoms. The molecule has 1 fully saturated rings. The molecule has 146 valence electrons. The number of sulfonamides is 1. The average Bonchev–Trinajstić information content (AvgIpc) is 3.14. The van der Waals surface area contributed by atoms with E-state index in [1.165, 1.54) is 0 Å². The first-order valence-corrected chi connectivity index (χ1v) is 11.1. The number of aromatic nitrogens is 2. The number of benzene rings is 1. The van der Waals surface area contributed by atoms with Gasteiger partial charge in [0.25, 0.3) is 0 Å². The third kappa shape index (κ3) is 5.64. The van der Waals surface area contributed by atoms with Gasteiger partial charge < -0.3 is 4.90 Å². The Bertz CT molecular complexity index is 864. The van der Waals surface area contributed by atoms with E-state index in [1.54, 1.807) is 10.9 Å². The number of carbonyl (C=O) groups excluding carboxylic acids is 1. The topological polar surface area (TPSA) is 84.3 Å². The normalized spacial score (nSPS) is 17.8. The van der Waals surface area contributed by atoms with Crippen molar-refractivity contribution in [3.05, 3.63) is 48.3 Å². The minimum absolute atomic E-state index is 0.0620. The average molecular weight is 391 g/mol. The van der Waals surface area contributed by atoms with Gasteiger partial charge in [0.2, 0.25) is 15.9 Å². The lowest BCUT2D eigenvalue weighted by molar-refractivity contribution is -0.134. The van der Waals surface area contributed by atoms with E-state index in [0.29, 0.717) is 19.4 Å². The highest BCUT2D eigenvalue weighted by Gasteiger charge is 2.27. The second-order valence-corrected chi connectivity index (χ2v) is 8.82. The molecule has 2 aromatic rings. The number of piperidine rings is 1. The van der Waals surface area contributed by atoms with Crippen LogP contribution in [0, 0.1) is 0 Å². The van der Waals surface area contributed by atoms with Gasteiger partial charge in [0.15, 0.2) is 0 Å². The Morgan fingerprint density at radius 3 is 2.78 bits per heavy atom. The Morgan fingerprint density at radius 2 is 2.04 bits per heavy atom. The molecule has 0 spiro atoms. The number of amides is 1. The standard InChI is InChI=1S/C19H26N4O3S/c1-27(25,26)21-14-18-9-5-6-12-22(18)19(24)11-10-16-13-20-23(15-16)17-7-3-2-4-8-17/h2-4,7-8,13,15,18,21H,5-6,9-12,14H2,1H3. The lowest BCUT2D eigenvalue weighted by atomic mass is 10.0. The number of likely N-dealkylation sites (tertiary alicyclic amines) is 1. The van der Waals surface area contributed by atoms with E-state index in [4.69, 9.17) is 0 Å². The van der Waals surface area contributed by atoms with E-state index in [1.807, 2.05) is 41.4 Å². The number of nitrogens with one attached hydrogen (secondary N) is 1. The molecule has 1 aliphatic heterocycles. The third-order valence-electron chi connectivity index (χ3n) is 4.81. The molecule has 1 aromatic heterocycles. The predicted molar refractivity (Wildman–Crippen MR) is 104 cm³/mol. The van der Waals surface area contributed by atoms with E-state index in [0.717, 1.165) is 36.8 Å². The summed E-state index contributed by atoms with van der Waals surface area (Å²) in [6, 6.07) is 9.78. The van der Waals surface area contributed by atoms with Crippen LogP contribution in [0.15, 0.2) is 42.7 Å². The summed E-state index contributed by atoms with van der Waals surface area (Å²) in [5.74, 6) is 0.0717. The van der Waals surface area contributed by atoms with Crippen molar-refractivity contribution in [2.24, 2.45) is 0 Å². The van der Waals surface area contributed by atoms with Crippen molar-refractivity contribution in [1.29, 1.82) is 0 Å². The lowest BCUT2D eigenvalue weighted by Crippen LogP contribution is -2.49. The van der Waals surface area contributed by atoms with Crippen LogP contribution in [0.4, 0.5) is 0 Å². The van der Waals surface area contributed by atoms with Crippen molar-refractivity contribution in [2.45, 2.75) is 38.1 Å². The van der Waals surface area contributed by atoms with Gasteiger partial charge in [-0.1, -0.05) is 18.2 Å². The molecule has 1 N–H and O–H groups in total. The molecule has 1 saturated heterocycles. The number of hydrogen-bond donors (Lipinski definition) is 1. The van der Waals surface area contributed by atoms with Gasteiger partial charge in [0.1, 0.15) is 0 Å². The molecule has 0 bridgehead atoms. The van der Waals surface area contributed by atoms with Crippen LogP contribution in [0.5, 0.6) is 0 Å². The summed E-state index contributed by atoms with van der Waals surface area (Å²) in [7, 11) is -3.25. The van der Waals surface area contributed by atoms with Crippen LogP contribution in [-0.2, 0) is 21.2 Å². The molecule has 8 heteroatoms. The fraction of sp³-hybridized carbons (Fsp3) is 0.474. The predicted octanol–water partition coefficient (Wildman–Crippen LogP) is 1.74. The molecular weight excluding hydrogens is 364 g/mol. The van der Waals surface area contributed by atoms with Gasteiger partial charge in [0.05, 0.1) is 18.1 Å². The minimum Gasteiger partial charge on any atom is -0.338 e. The molecule has 2 heterocycles. The second kappa shape index (κ2) is 8.67. The first-order chi connectivity index (χ1) is 12.9. The van der Waals surface area contributed by atoms with Crippen molar-refractivity contribution >= 4 is 15.9 Å². The summed E-state index contributed by atoms with van der Waals surface area (Å²) in [4.78, 5) is 14.5. The van der Waals surface area contributed by atoms with Crippen molar-refractivity contribution in [3.8, 4) is 5.69 Å². The number of hydrogen-bond acceptors (Lipinski definition) is 4. The maximum Gasteiger partial charge on any atom is 0.223 e. The van der Waals surface area contributed by atoms with Crippen LogP contribution >= 0.6 is 0 Å². The summed E-state index contributed by atoms with van der Waals surface area (Å²) >= 11 is 0. The van der Waals surface area contributed by atoms with E-state index in [9.17, 15) is 13.2 Å². The van der Waals surface area contributed by atoms with Crippen molar-refractivity contribution < 1.29 is 13.2 Å². The van der Waals surface area contributed by atoms with E-state index < -0.39 is 10.0 Å². The fourth-order valence-electron chi connectivity index (χ4n) is 3.39. The van der Waals surface area contributed by atoms with E-state index in [2.05, 4.69) is 9.82 Å². The molecule has 1 atom stereocenters. The van der Waals surface area contributed by atoms with Crippen molar-refractivity contribution in [1.82, 2.24) is 19.4 Å². The second-order valence-electron chi connectivity index (χ2n) is 6.99.